The quantitative estimate of drug-likeness (QED) is 0.913. The maximum Gasteiger partial charge on any atom is 0.183 e. The summed E-state index contributed by atoms with van der Waals surface area (Å²) in [6, 6.07) is 12.1. The highest BCUT2D eigenvalue weighted by atomic mass is 16.1. The van der Waals surface area contributed by atoms with Crippen LogP contribution in [-0.4, -0.2) is 17.3 Å². The Morgan fingerprint density at radius 3 is 2.74 bits per heavy atom. The third kappa shape index (κ3) is 2.28. The van der Waals surface area contributed by atoms with Crippen molar-refractivity contribution in [1.82, 2.24) is 4.98 Å². The lowest BCUT2D eigenvalue weighted by atomic mass is 10.1. The average Bonchev–Trinajstić information content (AvgIpc) is 2.83. The van der Waals surface area contributed by atoms with E-state index in [2.05, 4.69) is 16.8 Å². The van der Waals surface area contributed by atoms with Crippen molar-refractivity contribution in [3.63, 3.8) is 0 Å². The number of aromatic amines is 1. The van der Waals surface area contributed by atoms with Crippen molar-refractivity contribution in [1.29, 1.82) is 0 Å². The maximum absolute atomic E-state index is 12.2. The zero-order valence-corrected chi connectivity index (χ0v) is 11.1. The molecule has 1 N–H and O–H groups in total. The van der Waals surface area contributed by atoms with Gasteiger partial charge in [0.25, 0.3) is 0 Å². The Labute approximate surface area is 113 Å². The molecule has 0 saturated heterocycles. The number of Topliss-reactive ketones (excluding diaryl/α,β-unsaturated/α-hetero) is 1. The number of carbonyl (C=O) groups is 1. The van der Waals surface area contributed by atoms with Crippen molar-refractivity contribution >= 4 is 11.5 Å². The lowest BCUT2D eigenvalue weighted by Gasteiger charge is -2.27. The summed E-state index contributed by atoms with van der Waals surface area (Å²) in [5.41, 5.74) is 4.23. The van der Waals surface area contributed by atoms with Gasteiger partial charge in [-0.3, -0.25) is 4.79 Å². The van der Waals surface area contributed by atoms with Gasteiger partial charge in [-0.15, -0.1) is 0 Å². The largest absolute Gasteiger partial charge is 0.360 e. The molecule has 3 rings (SSSR count). The van der Waals surface area contributed by atoms with Gasteiger partial charge in [-0.25, -0.2) is 0 Å². The van der Waals surface area contributed by atoms with Crippen LogP contribution in [-0.2, 0) is 13.0 Å². The van der Waals surface area contributed by atoms with Crippen LogP contribution in [0.4, 0.5) is 5.69 Å². The number of anilines is 1. The highest BCUT2D eigenvalue weighted by molar-refractivity contribution is 6.02. The zero-order valence-electron chi connectivity index (χ0n) is 11.1. The number of hydrogen-bond donors (Lipinski definition) is 1. The number of carbonyl (C=O) groups excluding carboxylic acids is 1. The number of aromatic nitrogens is 1. The first-order chi connectivity index (χ1) is 9.28. The molecule has 0 unspecified atom stereocenters. The summed E-state index contributed by atoms with van der Waals surface area (Å²) in [5, 5.41) is 0. The molecule has 0 radical (unpaired) electrons. The molecule has 3 heteroatoms. The summed E-state index contributed by atoms with van der Waals surface area (Å²) in [7, 11) is 0. The van der Waals surface area contributed by atoms with Crippen LogP contribution in [0.3, 0.4) is 0 Å². The molecular formula is C16H18N2O. The Balaban J connectivity index is 1.89. The van der Waals surface area contributed by atoms with Crippen molar-refractivity contribution < 1.29 is 4.79 Å². The van der Waals surface area contributed by atoms with Gasteiger partial charge in [-0.05, 0) is 24.6 Å². The predicted molar refractivity (Wildman–Crippen MR) is 76.6 cm³/mol. The normalized spacial score (nSPS) is 14.6. The van der Waals surface area contributed by atoms with Crippen molar-refractivity contribution in [2.75, 3.05) is 11.4 Å². The minimum absolute atomic E-state index is 0.212. The van der Waals surface area contributed by atoms with E-state index in [1.807, 2.05) is 36.4 Å². The second-order valence-electron chi connectivity index (χ2n) is 5.05. The first-order valence-corrected chi connectivity index (χ1v) is 6.82. The Hall–Kier alpha value is -2.03. The maximum atomic E-state index is 12.2. The number of para-hydroxylation sites is 1. The van der Waals surface area contributed by atoms with Gasteiger partial charge in [-0.2, -0.15) is 0 Å². The number of ketones is 1. The molecule has 3 nitrogen and oxygen atoms in total. The molecular weight excluding hydrogens is 236 g/mol. The molecule has 1 aromatic heterocycles. The number of fused-ring (bicyclic) bond motifs is 1. The highest BCUT2D eigenvalue weighted by Gasteiger charge is 2.25. The van der Waals surface area contributed by atoms with E-state index in [1.54, 1.807) is 0 Å². The number of H-pyrrole nitrogens is 1. The van der Waals surface area contributed by atoms with Gasteiger partial charge in [0.05, 0.1) is 13.1 Å². The summed E-state index contributed by atoms with van der Waals surface area (Å²) >= 11 is 0. The minimum atomic E-state index is 0.212. The SMILES string of the molecule is CCCc1cc2c([nH]1)CN(c1ccccc1)CC2=O. The van der Waals surface area contributed by atoms with Gasteiger partial charge in [0.2, 0.25) is 0 Å². The van der Waals surface area contributed by atoms with Crippen LogP contribution in [0.5, 0.6) is 0 Å². The third-order valence-corrected chi connectivity index (χ3v) is 3.58. The van der Waals surface area contributed by atoms with Crippen molar-refractivity contribution in [3.05, 3.63) is 53.3 Å². The van der Waals surface area contributed by atoms with Crippen molar-refractivity contribution in [3.8, 4) is 0 Å². The lowest BCUT2D eigenvalue weighted by molar-refractivity contribution is 0.0992. The molecule has 0 amide bonds. The van der Waals surface area contributed by atoms with E-state index in [0.717, 1.165) is 36.3 Å². The molecule has 1 aliphatic heterocycles. The minimum Gasteiger partial charge on any atom is -0.360 e. The molecule has 0 fully saturated rings. The lowest BCUT2D eigenvalue weighted by Crippen LogP contribution is -2.34. The Bertz CT molecular complexity index is 586. The molecule has 0 aliphatic carbocycles. The van der Waals surface area contributed by atoms with Crippen LogP contribution in [0.25, 0.3) is 0 Å². The molecule has 0 saturated carbocycles. The van der Waals surface area contributed by atoms with Gasteiger partial charge in [0, 0.05) is 22.6 Å². The number of rotatable bonds is 3. The van der Waals surface area contributed by atoms with E-state index in [0.29, 0.717) is 6.54 Å². The van der Waals surface area contributed by atoms with Gasteiger partial charge >= 0.3 is 0 Å². The van der Waals surface area contributed by atoms with Gasteiger partial charge < -0.3 is 9.88 Å². The van der Waals surface area contributed by atoms with Gasteiger partial charge in [0.15, 0.2) is 5.78 Å². The van der Waals surface area contributed by atoms with Crippen LogP contribution in [0, 0.1) is 0 Å². The van der Waals surface area contributed by atoms with E-state index in [9.17, 15) is 4.79 Å². The van der Waals surface area contributed by atoms with Crippen LogP contribution in [0.15, 0.2) is 36.4 Å². The first kappa shape index (κ1) is 12.0. The fraction of sp³-hybridized carbons (Fsp3) is 0.312. The van der Waals surface area contributed by atoms with Crippen LogP contribution >= 0.6 is 0 Å². The molecule has 98 valence electrons. The van der Waals surface area contributed by atoms with E-state index in [4.69, 9.17) is 0 Å². The summed E-state index contributed by atoms with van der Waals surface area (Å²) < 4.78 is 0. The van der Waals surface area contributed by atoms with Crippen molar-refractivity contribution in [2.24, 2.45) is 0 Å². The number of benzene rings is 1. The van der Waals surface area contributed by atoms with E-state index < -0.39 is 0 Å². The van der Waals surface area contributed by atoms with Gasteiger partial charge in [-0.1, -0.05) is 31.5 Å². The summed E-state index contributed by atoms with van der Waals surface area (Å²) in [4.78, 5) is 17.7. The van der Waals surface area contributed by atoms with Gasteiger partial charge in [0.1, 0.15) is 0 Å². The summed E-state index contributed by atoms with van der Waals surface area (Å²) in [6.07, 6.45) is 2.10. The van der Waals surface area contributed by atoms with E-state index in [1.165, 1.54) is 5.69 Å². The molecule has 19 heavy (non-hydrogen) atoms. The summed E-state index contributed by atoms with van der Waals surface area (Å²) in [6.45, 7) is 3.41. The second-order valence-corrected chi connectivity index (χ2v) is 5.05. The topological polar surface area (TPSA) is 36.1 Å². The average molecular weight is 254 g/mol. The molecule has 2 aromatic rings. The highest BCUT2D eigenvalue weighted by Crippen LogP contribution is 2.25. The van der Waals surface area contributed by atoms with E-state index in [-0.39, 0.29) is 5.78 Å². The standard InChI is InChI=1S/C16H18N2O/c1-2-6-12-9-14-15(17-12)10-18(11-16(14)19)13-7-4-3-5-8-13/h3-5,7-9,17H,2,6,10-11H2,1H3. The Morgan fingerprint density at radius 2 is 2.00 bits per heavy atom. The number of nitrogens with one attached hydrogen (secondary N) is 1. The third-order valence-electron chi connectivity index (χ3n) is 3.58. The summed E-state index contributed by atoms with van der Waals surface area (Å²) in [5.74, 6) is 0.212. The zero-order chi connectivity index (χ0) is 13.2. The Morgan fingerprint density at radius 1 is 1.21 bits per heavy atom. The second kappa shape index (κ2) is 4.92. The van der Waals surface area contributed by atoms with Crippen molar-refractivity contribution in [2.45, 2.75) is 26.3 Å². The molecule has 0 atom stereocenters. The predicted octanol–water partition coefficient (Wildman–Crippen LogP) is 3.17. The fourth-order valence-electron chi connectivity index (χ4n) is 2.66. The van der Waals surface area contributed by atoms with Crippen LogP contribution in [0.1, 0.15) is 35.1 Å². The molecule has 2 heterocycles. The molecule has 1 aromatic carbocycles. The fourth-order valence-corrected chi connectivity index (χ4v) is 2.66. The monoisotopic (exact) mass is 254 g/mol. The smallest absolute Gasteiger partial charge is 0.183 e. The number of aryl methyl sites for hydroxylation is 1. The number of hydrogen-bond acceptors (Lipinski definition) is 2. The molecule has 0 spiro atoms. The molecule has 0 bridgehead atoms. The van der Waals surface area contributed by atoms with Crippen LogP contribution < -0.4 is 4.90 Å². The number of nitrogens with zero attached hydrogens (tertiary/aromatic N) is 1. The van der Waals surface area contributed by atoms with Crippen LogP contribution in [0.2, 0.25) is 0 Å². The first-order valence-electron chi connectivity index (χ1n) is 6.82. The molecule has 1 aliphatic rings. The Kier molecular flexibility index (Phi) is 3.11. The van der Waals surface area contributed by atoms with E-state index >= 15 is 0 Å².